The number of nitrogen functional groups attached to an aromatic ring is 1. The number of carbonyl (C=O) groups excluding carboxylic acids is 1. The Balaban J connectivity index is 2.27. The Hall–Kier alpha value is -2.36. The second kappa shape index (κ2) is 4.87. The summed E-state index contributed by atoms with van der Waals surface area (Å²) in [5.41, 5.74) is 9.31. The third kappa shape index (κ3) is 2.48. The van der Waals surface area contributed by atoms with E-state index < -0.39 is 0 Å². The van der Waals surface area contributed by atoms with Crippen LogP contribution in [0.2, 0.25) is 0 Å². The second-order valence-electron chi connectivity index (χ2n) is 4.17. The minimum Gasteiger partial charge on any atom is -0.399 e. The third-order valence-electron chi connectivity index (χ3n) is 2.74. The number of hydrogen-bond acceptors (Lipinski definition) is 3. The van der Waals surface area contributed by atoms with Gasteiger partial charge in [0.25, 0.3) is 5.91 Å². The van der Waals surface area contributed by atoms with Crippen LogP contribution in [0, 0.1) is 13.8 Å². The second-order valence-corrected chi connectivity index (χ2v) is 4.17. The van der Waals surface area contributed by atoms with Gasteiger partial charge in [-0.05, 0) is 43.7 Å². The van der Waals surface area contributed by atoms with Gasteiger partial charge in [0.2, 0.25) is 0 Å². The Morgan fingerprint density at radius 3 is 2.72 bits per heavy atom. The van der Waals surface area contributed by atoms with Crippen LogP contribution in [-0.2, 0) is 0 Å². The Kier molecular flexibility index (Phi) is 3.28. The lowest BCUT2D eigenvalue weighted by atomic mass is 10.1. The maximum Gasteiger partial charge on any atom is 0.255 e. The van der Waals surface area contributed by atoms with Crippen molar-refractivity contribution in [3.05, 3.63) is 53.3 Å². The van der Waals surface area contributed by atoms with E-state index in [4.69, 9.17) is 5.73 Å². The molecule has 0 bridgehead atoms. The van der Waals surface area contributed by atoms with E-state index in [1.807, 2.05) is 19.9 Å². The first-order valence-electron chi connectivity index (χ1n) is 5.67. The molecule has 0 saturated heterocycles. The van der Waals surface area contributed by atoms with Crippen molar-refractivity contribution in [1.29, 1.82) is 0 Å². The Morgan fingerprint density at radius 1 is 1.28 bits per heavy atom. The Morgan fingerprint density at radius 2 is 2.06 bits per heavy atom. The Labute approximate surface area is 106 Å². The summed E-state index contributed by atoms with van der Waals surface area (Å²) in [4.78, 5) is 16.2. The minimum atomic E-state index is -0.179. The van der Waals surface area contributed by atoms with Crippen LogP contribution in [0.3, 0.4) is 0 Å². The fourth-order valence-electron chi connectivity index (χ4n) is 1.75. The maximum absolute atomic E-state index is 12.1. The molecule has 1 heterocycles. The largest absolute Gasteiger partial charge is 0.399 e. The highest BCUT2D eigenvalue weighted by molar-refractivity contribution is 6.05. The molecular weight excluding hydrogens is 226 g/mol. The smallest absolute Gasteiger partial charge is 0.255 e. The van der Waals surface area contributed by atoms with Gasteiger partial charge in [-0.15, -0.1) is 0 Å². The molecule has 1 aromatic heterocycles. The van der Waals surface area contributed by atoms with Gasteiger partial charge in [-0.25, -0.2) is 0 Å². The lowest BCUT2D eigenvalue weighted by Gasteiger charge is -2.10. The highest BCUT2D eigenvalue weighted by Gasteiger charge is 2.10. The van der Waals surface area contributed by atoms with Crippen molar-refractivity contribution in [3.8, 4) is 0 Å². The van der Waals surface area contributed by atoms with Crippen molar-refractivity contribution in [3.63, 3.8) is 0 Å². The molecule has 0 aliphatic rings. The number of carbonyl (C=O) groups is 1. The van der Waals surface area contributed by atoms with E-state index in [-0.39, 0.29) is 5.91 Å². The zero-order valence-electron chi connectivity index (χ0n) is 10.4. The van der Waals surface area contributed by atoms with E-state index in [0.29, 0.717) is 11.3 Å². The number of nitrogens with zero attached hydrogens (tertiary/aromatic N) is 1. The Bertz CT molecular complexity index is 573. The highest BCUT2D eigenvalue weighted by atomic mass is 16.1. The molecule has 1 amide bonds. The summed E-state index contributed by atoms with van der Waals surface area (Å²) >= 11 is 0. The predicted molar refractivity (Wildman–Crippen MR) is 72.5 cm³/mol. The van der Waals surface area contributed by atoms with Gasteiger partial charge in [0, 0.05) is 17.4 Å². The van der Waals surface area contributed by atoms with Crippen LogP contribution < -0.4 is 11.1 Å². The average Bonchev–Trinajstić information content (AvgIpc) is 2.34. The first-order valence-corrected chi connectivity index (χ1v) is 5.67. The molecule has 4 nitrogen and oxygen atoms in total. The van der Waals surface area contributed by atoms with Crippen LogP contribution in [-0.4, -0.2) is 10.9 Å². The van der Waals surface area contributed by atoms with Gasteiger partial charge in [-0.1, -0.05) is 6.07 Å². The highest BCUT2D eigenvalue weighted by Crippen LogP contribution is 2.18. The number of nitrogens with one attached hydrogen (secondary N) is 1. The van der Waals surface area contributed by atoms with Crippen molar-refractivity contribution in [2.75, 3.05) is 11.1 Å². The van der Waals surface area contributed by atoms with Crippen LogP contribution in [0.1, 0.15) is 21.6 Å². The molecule has 3 N–H and O–H groups in total. The summed E-state index contributed by atoms with van der Waals surface area (Å²) in [5, 5.41) is 2.86. The van der Waals surface area contributed by atoms with Crippen molar-refractivity contribution in [2.24, 2.45) is 0 Å². The number of rotatable bonds is 2. The van der Waals surface area contributed by atoms with Crippen molar-refractivity contribution < 1.29 is 4.79 Å². The molecule has 1 aromatic carbocycles. The molecule has 2 aromatic rings. The number of aromatic nitrogens is 1. The summed E-state index contributed by atoms with van der Waals surface area (Å²) in [7, 11) is 0. The predicted octanol–water partition coefficient (Wildman–Crippen LogP) is 2.53. The van der Waals surface area contributed by atoms with Gasteiger partial charge in [-0.2, -0.15) is 0 Å². The topological polar surface area (TPSA) is 68.0 Å². The monoisotopic (exact) mass is 241 g/mol. The van der Waals surface area contributed by atoms with Gasteiger partial charge in [0.15, 0.2) is 0 Å². The van der Waals surface area contributed by atoms with E-state index in [2.05, 4.69) is 10.3 Å². The molecule has 4 heteroatoms. The SMILES string of the molecule is Cc1ccnc(C)c1NC(=O)c1cccc(N)c1. The maximum atomic E-state index is 12.1. The summed E-state index contributed by atoms with van der Waals surface area (Å²) in [6.07, 6.45) is 1.72. The van der Waals surface area contributed by atoms with Crippen LogP contribution in [0.5, 0.6) is 0 Å². The standard InChI is InChI=1S/C14H15N3O/c1-9-6-7-16-10(2)13(9)17-14(18)11-4-3-5-12(15)8-11/h3-8H,15H2,1-2H3,(H,17,18). The van der Waals surface area contributed by atoms with Crippen molar-refractivity contribution in [2.45, 2.75) is 13.8 Å². The first kappa shape index (κ1) is 12.1. The molecule has 92 valence electrons. The molecule has 0 aliphatic carbocycles. The number of anilines is 2. The lowest BCUT2D eigenvalue weighted by molar-refractivity contribution is 0.102. The molecule has 0 radical (unpaired) electrons. The van der Waals surface area contributed by atoms with Gasteiger partial charge in [0.05, 0.1) is 11.4 Å². The fraction of sp³-hybridized carbons (Fsp3) is 0.143. The molecule has 2 rings (SSSR count). The van der Waals surface area contributed by atoms with Gasteiger partial charge >= 0.3 is 0 Å². The van der Waals surface area contributed by atoms with Gasteiger partial charge in [-0.3, -0.25) is 9.78 Å². The zero-order chi connectivity index (χ0) is 13.1. The molecule has 0 spiro atoms. The number of hydrogen-bond donors (Lipinski definition) is 2. The van der Waals surface area contributed by atoms with E-state index in [9.17, 15) is 4.79 Å². The fourth-order valence-corrected chi connectivity index (χ4v) is 1.75. The van der Waals surface area contributed by atoms with E-state index >= 15 is 0 Å². The molecule has 18 heavy (non-hydrogen) atoms. The normalized spacial score (nSPS) is 10.1. The van der Waals surface area contributed by atoms with Crippen molar-refractivity contribution >= 4 is 17.3 Å². The lowest BCUT2D eigenvalue weighted by Crippen LogP contribution is -2.14. The van der Waals surface area contributed by atoms with Gasteiger partial charge in [0.1, 0.15) is 0 Å². The van der Waals surface area contributed by atoms with E-state index in [1.54, 1.807) is 30.5 Å². The molecule has 0 aliphatic heterocycles. The summed E-state index contributed by atoms with van der Waals surface area (Å²) in [6.45, 7) is 3.80. The summed E-state index contributed by atoms with van der Waals surface area (Å²) < 4.78 is 0. The minimum absolute atomic E-state index is 0.179. The van der Waals surface area contributed by atoms with Crippen LogP contribution in [0.15, 0.2) is 36.5 Å². The van der Waals surface area contributed by atoms with Crippen molar-refractivity contribution in [1.82, 2.24) is 4.98 Å². The molecule has 0 saturated carbocycles. The number of amides is 1. The van der Waals surface area contributed by atoms with E-state index in [1.165, 1.54) is 0 Å². The average molecular weight is 241 g/mol. The number of benzene rings is 1. The summed E-state index contributed by atoms with van der Waals surface area (Å²) in [5.74, 6) is -0.179. The molecule has 0 unspecified atom stereocenters. The van der Waals surface area contributed by atoms with Crippen LogP contribution >= 0.6 is 0 Å². The summed E-state index contributed by atoms with van der Waals surface area (Å²) in [6, 6.07) is 8.75. The molecular formula is C14H15N3O. The zero-order valence-corrected chi connectivity index (χ0v) is 10.4. The first-order chi connectivity index (χ1) is 8.58. The number of pyridine rings is 1. The van der Waals surface area contributed by atoms with Crippen LogP contribution in [0.4, 0.5) is 11.4 Å². The third-order valence-corrected chi connectivity index (χ3v) is 2.74. The quantitative estimate of drug-likeness (QED) is 0.794. The van der Waals surface area contributed by atoms with Crippen LogP contribution in [0.25, 0.3) is 0 Å². The van der Waals surface area contributed by atoms with E-state index in [0.717, 1.165) is 16.9 Å². The number of nitrogens with two attached hydrogens (primary N) is 1. The van der Waals surface area contributed by atoms with Gasteiger partial charge < -0.3 is 11.1 Å². The molecule has 0 fully saturated rings. The molecule has 0 atom stereocenters. The number of aryl methyl sites for hydroxylation is 2.